The van der Waals surface area contributed by atoms with Crippen LogP contribution in [0.15, 0.2) is 91.0 Å². The van der Waals surface area contributed by atoms with Gasteiger partial charge in [-0.05, 0) is 68.2 Å². The molecule has 0 aromatic heterocycles. The Morgan fingerprint density at radius 3 is 1.77 bits per heavy atom. The Balaban J connectivity index is 1.17. The minimum absolute atomic E-state index is 0.0175. The van der Waals surface area contributed by atoms with Crippen molar-refractivity contribution >= 4 is 59.1 Å². The maximum Gasteiger partial charge on any atom is 0.315 e. The third-order valence-corrected chi connectivity index (χ3v) is 13.9. The molecule has 1 unspecified atom stereocenters. The van der Waals surface area contributed by atoms with E-state index >= 15 is 0 Å². The summed E-state index contributed by atoms with van der Waals surface area (Å²) in [6, 6.07) is 26.6. The van der Waals surface area contributed by atoms with Gasteiger partial charge in [0, 0.05) is 57.1 Å². The normalized spacial score (nSPS) is 16.2. The molecule has 70 heavy (non-hydrogen) atoms. The van der Waals surface area contributed by atoms with Crippen LogP contribution < -0.4 is 32.7 Å². The number of benzene rings is 3. The standard InChI is InChI=1S/C51H70N10O8S/c1-37(62)59(29-38-17-5-2-6-18-38)34-46(65)58(28-16-14-26-52)33-47(66)61(31-40-21-9-4-10-22-40)35-48(67)60(30-39-19-7-3-8-20-39)32-45(64)55-41(50(53)68)23-13-15-27-54-44(63)25-12-11-24-43-49-42(36-70-43)56-51(69)57-49/h2-10,17-22,41-43,49H,11-16,23-36,52H2,1H3,(H2,53,68)(H,54,63)(H,55,64)(H2,56,57,69)/t41-,42-,43?,49-/m0/s1. The number of hydrogen-bond acceptors (Lipinski definition) is 10. The molecular weight excluding hydrogens is 913 g/mol. The second kappa shape index (κ2) is 28.9. The van der Waals surface area contributed by atoms with Gasteiger partial charge in [-0.2, -0.15) is 11.8 Å². The molecule has 2 heterocycles. The molecule has 4 atom stereocenters. The second-order valence-electron chi connectivity index (χ2n) is 17.9. The lowest BCUT2D eigenvalue weighted by atomic mass is 10.0. The smallest absolute Gasteiger partial charge is 0.315 e. The first kappa shape index (κ1) is 54.5. The average Bonchev–Trinajstić information content (AvgIpc) is 3.91. The predicted molar refractivity (Wildman–Crippen MR) is 268 cm³/mol. The van der Waals surface area contributed by atoms with Gasteiger partial charge in [-0.25, -0.2) is 4.79 Å². The maximum atomic E-state index is 14.4. The Labute approximate surface area is 415 Å². The molecule has 0 saturated carbocycles. The fourth-order valence-electron chi connectivity index (χ4n) is 8.45. The molecule has 5 rings (SSSR count). The average molecular weight is 983 g/mol. The Hall–Kier alpha value is -6.47. The molecule has 2 aliphatic rings. The Bertz CT molecular complexity index is 2190. The first-order valence-corrected chi connectivity index (χ1v) is 25.3. The van der Waals surface area contributed by atoms with E-state index in [1.54, 1.807) is 12.1 Å². The van der Waals surface area contributed by atoms with Gasteiger partial charge in [-0.3, -0.25) is 33.6 Å². The Morgan fingerprint density at radius 1 is 0.657 bits per heavy atom. The highest BCUT2D eigenvalue weighted by atomic mass is 32.2. The van der Waals surface area contributed by atoms with Crippen LogP contribution in [-0.2, 0) is 53.2 Å². The molecule has 3 aromatic rings. The molecule has 2 aliphatic heterocycles. The highest BCUT2D eigenvalue weighted by molar-refractivity contribution is 8.00. The number of fused-ring (bicyclic) bond motifs is 1. The number of carbonyl (C=O) groups excluding carboxylic acids is 8. The lowest BCUT2D eigenvalue weighted by Crippen LogP contribution is -2.51. The van der Waals surface area contributed by atoms with Crippen molar-refractivity contribution in [3.05, 3.63) is 108 Å². The van der Waals surface area contributed by atoms with Gasteiger partial charge < -0.3 is 52.3 Å². The monoisotopic (exact) mass is 983 g/mol. The number of rotatable bonds is 30. The van der Waals surface area contributed by atoms with E-state index in [1.807, 2.05) is 90.6 Å². The van der Waals surface area contributed by atoms with Crippen LogP contribution in [0.2, 0.25) is 0 Å². The molecular formula is C51H70N10O8S. The van der Waals surface area contributed by atoms with Crippen LogP contribution in [-0.4, -0.2) is 142 Å². The summed E-state index contributed by atoms with van der Waals surface area (Å²) in [5.74, 6) is -2.33. The number of nitrogens with zero attached hydrogens (tertiary/aromatic N) is 4. The lowest BCUT2D eigenvalue weighted by molar-refractivity contribution is -0.147. The molecule has 0 aliphatic carbocycles. The van der Waals surface area contributed by atoms with Gasteiger partial charge in [-0.15, -0.1) is 0 Å². The Kier molecular flexibility index (Phi) is 22.5. The van der Waals surface area contributed by atoms with Crippen molar-refractivity contribution in [2.24, 2.45) is 11.5 Å². The van der Waals surface area contributed by atoms with Crippen LogP contribution in [0.25, 0.3) is 0 Å². The summed E-state index contributed by atoms with van der Waals surface area (Å²) in [4.78, 5) is 111. The molecule has 0 bridgehead atoms. The minimum atomic E-state index is -1.03. The summed E-state index contributed by atoms with van der Waals surface area (Å²) in [6.45, 7) is 1.10. The van der Waals surface area contributed by atoms with Crippen molar-refractivity contribution in [1.82, 2.24) is 40.9 Å². The van der Waals surface area contributed by atoms with Gasteiger partial charge in [0.05, 0.1) is 25.2 Å². The van der Waals surface area contributed by atoms with Crippen LogP contribution in [0.1, 0.15) is 81.4 Å². The van der Waals surface area contributed by atoms with Gasteiger partial charge in [0.25, 0.3) is 0 Å². The van der Waals surface area contributed by atoms with Gasteiger partial charge >= 0.3 is 6.03 Å². The SMILES string of the molecule is CC(=O)N(CC(=O)N(CCCCN)CC(=O)N(CC(=O)N(CC(=O)N[C@@H](CCCCNC(=O)CCCCC1SC[C@@H]2NC(=O)N[C@H]12)C(N)=O)Cc1ccccc1)Cc1ccccc1)Cc1ccccc1. The predicted octanol–water partition coefficient (Wildman–Crippen LogP) is 2.64. The fourth-order valence-corrected chi connectivity index (χ4v) is 9.99. The molecule has 18 nitrogen and oxygen atoms in total. The highest BCUT2D eigenvalue weighted by Crippen LogP contribution is 2.33. The zero-order chi connectivity index (χ0) is 50.3. The minimum Gasteiger partial charge on any atom is -0.368 e. The Morgan fingerprint density at radius 2 is 1.20 bits per heavy atom. The molecule has 0 radical (unpaired) electrons. The summed E-state index contributed by atoms with van der Waals surface area (Å²) in [6.07, 6.45) is 5.26. The van der Waals surface area contributed by atoms with E-state index in [4.69, 9.17) is 11.5 Å². The number of primary amides is 1. The van der Waals surface area contributed by atoms with E-state index in [9.17, 15) is 38.4 Å². The second-order valence-corrected chi connectivity index (χ2v) is 19.2. The number of amides is 9. The van der Waals surface area contributed by atoms with Crippen LogP contribution in [0, 0.1) is 0 Å². The quantitative estimate of drug-likeness (QED) is 0.0421. The summed E-state index contributed by atoms with van der Waals surface area (Å²) in [7, 11) is 0. The van der Waals surface area contributed by atoms with Gasteiger partial charge in [0.15, 0.2) is 0 Å². The molecule has 3 aromatic carbocycles. The van der Waals surface area contributed by atoms with Crippen LogP contribution >= 0.6 is 11.8 Å². The number of urea groups is 1. The van der Waals surface area contributed by atoms with Crippen molar-refractivity contribution in [3.8, 4) is 0 Å². The molecule has 9 amide bonds. The number of carbonyl (C=O) groups is 8. The zero-order valence-electron chi connectivity index (χ0n) is 40.2. The number of unbranched alkanes of at least 4 members (excludes halogenated alkanes) is 3. The van der Waals surface area contributed by atoms with Gasteiger partial charge in [0.2, 0.25) is 41.4 Å². The van der Waals surface area contributed by atoms with Crippen molar-refractivity contribution in [1.29, 1.82) is 0 Å². The lowest BCUT2D eigenvalue weighted by Gasteiger charge is -2.31. The largest absolute Gasteiger partial charge is 0.368 e. The van der Waals surface area contributed by atoms with E-state index in [1.165, 1.54) is 26.5 Å². The van der Waals surface area contributed by atoms with Crippen LogP contribution in [0.4, 0.5) is 4.79 Å². The van der Waals surface area contributed by atoms with E-state index in [0.29, 0.717) is 50.4 Å². The van der Waals surface area contributed by atoms with Crippen molar-refractivity contribution in [2.45, 2.75) is 108 Å². The van der Waals surface area contributed by atoms with E-state index in [0.717, 1.165) is 41.7 Å². The first-order valence-electron chi connectivity index (χ1n) is 24.2. The van der Waals surface area contributed by atoms with E-state index in [-0.39, 0.29) is 75.6 Å². The maximum absolute atomic E-state index is 14.4. The summed E-state index contributed by atoms with van der Waals surface area (Å²) >= 11 is 1.85. The number of nitrogens with one attached hydrogen (secondary N) is 4. The highest BCUT2D eigenvalue weighted by Gasteiger charge is 2.42. The molecule has 378 valence electrons. The van der Waals surface area contributed by atoms with E-state index in [2.05, 4.69) is 21.3 Å². The van der Waals surface area contributed by atoms with Crippen LogP contribution in [0.3, 0.4) is 0 Å². The number of hydrogen-bond donors (Lipinski definition) is 6. The summed E-state index contributed by atoms with van der Waals surface area (Å²) < 4.78 is 0. The molecule has 0 spiro atoms. The van der Waals surface area contributed by atoms with Crippen molar-refractivity contribution < 1.29 is 38.4 Å². The molecule has 19 heteroatoms. The third kappa shape index (κ3) is 18.5. The zero-order valence-corrected chi connectivity index (χ0v) is 41.0. The molecule has 2 saturated heterocycles. The van der Waals surface area contributed by atoms with Crippen molar-refractivity contribution in [2.75, 3.05) is 51.6 Å². The third-order valence-electron chi connectivity index (χ3n) is 12.3. The van der Waals surface area contributed by atoms with E-state index < -0.39 is 48.7 Å². The van der Waals surface area contributed by atoms with Gasteiger partial charge in [-0.1, -0.05) is 97.4 Å². The molecule has 8 N–H and O–H groups in total. The number of thioether (sulfide) groups is 1. The summed E-state index contributed by atoms with van der Waals surface area (Å²) in [5.41, 5.74) is 13.8. The van der Waals surface area contributed by atoms with Crippen molar-refractivity contribution in [3.63, 3.8) is 0 Å². The number of nitrogens with two attached hydrogens (primary N) is 2. The van der Waals surface area contributed by atoms with Crippen LogP contribution in [0.5, 0.6) is 0 Å². The topological polar surface area (TPSA) is 250 Å². The molecule has 2 fully saturated rings. The van der Waals surface area contributed by atoms with Gasteiger partial charge in [0.1, 0.15) is 19.1 Å². The summed E-state index contributed by atoms with van der Waals surface area (Å²) in [5, 5.41) is 11.9. The fraction of sp³-hybridized carbons (Fsp3) is 0.490. The first-order chi connectivity index (χ1) is 33.8.